The van der Waals surface area contributed by atoms with E-state index in [1.165, 1.54) is 34.6 Å². The van der Waals surface area contributed by atoms with Crippen LogP contribution >= 0.6 is 23.2 Å². The zero-order valence-electron chi connectivity index (χ0n) is 20.0. The van der Waals surface area contributed by atoms with Crippen molar-refractivity contribution in [1.82, 2.24) is 9.62 Å². The van der Waals surface area contributed by atoms with Crippen molar-refractivity contribution in [1.29, 1.82) is 0 Å². The molecule has 1 aliphatic rings. The molecule has 1 aliphatic heterocycles. The first kappa shape index (κ1) is 28.5. The molecule has 1 atom stereocenters. The van der Waals surface area contributed by atoms with Crippen molar-refractivity contribution < 1.29 is 26.4 Å². The smallest absolute Gasteiger partial charge is 0.244 e. The number of hydrogen-bond acceptors (Lipinski definition) is 6. The maximum Gasteiger partial charge on any atom is 0.244 e. The number of hydrogen-bond donors (Lipinski definition) is 1. The van der Waals surface area contributed by atoms with Crippen LogP contribution in [0.1, 0.15) is 26.2 Å². The van der Waals surface area contributed by atoms with Crippen LogP contribution in [0.15, 0.2) is 47.4 Å². The Kier molecular flexibility index (Phi) is 9.50. The molecule has 2 aromatic rings. The van der Waals surface area contributed by atoms with Crippen molar-refractivity contribution in [2.45, 2.75) is 37.1 Å². The molecule has 36 heavy (non-hydrogen) atoms. The molecule has 0 aliphatic carbocycles. The van der Waals surface area contributed by atoms with Crippen LogP contribution in [0, 0.1) is 0 Å². The van der Waals surface area contributed by atoms with Gasteiger partial charge in [0, 0.05) is 13.1 Å². The lowest BCUT2D eigenvalue weighted by atomic mass is 10.2. The van der Waals surface area contributed by atoms with Crippen molar-refractivity contribution in [3.8, 4) is 5.75 Å². The van der Waals surface area contributed by atoms with Gasteiger partial charge in [0.05, 0.1) is 33.4 Å². The molecule has 1 saturated heterocycles. The summed E-state index contributed by atoms with van der Waals surface area (Å²) >= 11 is 12.0. The van der Waals surface area contributed by atoms with Gasteiger partial charge in [-0.3, -0.25) is 9.10 Å². The number of nitrogens with zero attached hydrogens (tertiary/aromatic N) is 2. The lowest BCUT2D eigenvalue weighted by Gasteiger charge is -2.30. The van der Waals surface area contributed by atoms with Gasteiger partial charge in [-0.05, 0) is 61.7 Å². The minimum absolute atomic E-state index is 0.103. The number of carbonyl (C=O) groups is 1. The first-order valence-corrected chi connectivity index (χ1v) is 15.4. The van der Waals surface area contributed by atoms with Gasteiger partial charge in [0.25, 0.3) is 0 Å². The van der Waals surface area contributed by atoms with Gasteiger partial charge in [0.15, 0.2) is 0 Å². The van der Waals surface area contributed by atoms with Gasteiger partial charge in [0.1, 0.15) is 18.4 Å². The minimum atomic E-state index is -3.81. The fourth-order valence-electron chi connectivity index (χ4n) is 3.93. The average molecular weight is 579 g/mol. The molecular formula is C23H29Cl2N3O6S2. The van der Waals surface area contributed by atoms with Crippen LogP contribution in [0.3, 0.4) is 0 Å². The molecule has 0 unspecified atom stereocenters. The monoisotopic (exact) mass is 577 g/mol. The second-order valence-electron chi connectivity index (χ2n) is 8.30. The van der Waals surface area contributed by atoms with E-state index in [-0.39, 0.29) is 40.2 Å². The van der Waals surface area contributed by atoms with E-state index in [0.717, 1.165) is 23.4 Å². The zero-order valence-corrected chi connectivity index (χ0v) is 23.1. The molecule has 1 fully saturated rings. The average Bonchev–Trinajstić information content (AvgIpc) is 3.37. The molecule has 0 bridgehead atoms. The van der Waals surface area contributed by atoms with Crippen molar-refractivity contribution in [2.75, 3.05) is 36.8 Å². The Morgan fingerprint density at radius 1 is 1.06 bits per heavy atom. The molecule has 0 spiro atoms. The Balaban J connectivity index is 1.59. The Morgan fingerprint density at radius 2 is 1.69 bits per heavy atom. The van der Waals surface area contributed by atoms with E-state index in [9.17, 15) is 21.6 Å². The molecule has 3 rings (SSSR count). The van der Waals surface area contributed by atoms with Crippen LogP contribution in [-0.4, -0.2) is 65.6 Å². The summed E-state index contributed by atoms with van der Waals surface area (Å²) in [6.07, 6.45) is 2.95. The largest absolute Gasteiger partial charge is 0.492 e. The second-order valence-corrected chi connectivity index (χ2v) is 12.9. The lowest BCUT2D eigenvalue weighted by Crippen LogP contribution is -2.50. The van der Waals surface area contributed by atoms with Crippen LogP contribution in [0.4, 0.5) is 5.69 Å². The summed E-state index contributed by atoms with van der Waals surface area (Å²) in [6, 6.07) is 9.47. The van der Waals surface area contributed by atoms with Crippen molar-refractivity contribution in [3.05, 3.63) is 52.5 Å². The van der Waals surface area contributed by atoms with E-state index < -0.39 is 32.0 Å². The maximum absolute atomic E-state index is 12.9. The number of nitrogens with one attached hydrogen (secondary N) is 1. The molecule has 9 nitrogen and oxygen atoms in total. The van der Waals surface area contributed by atoms with Gasteiger partial charge in [-0.1, -0.05) is 30.1 Å². The first-order chi connectivity index (χ1) is 16.9. The standard InChI is InChI=1S/C23H29Cl2N3O6S2/c1-3-22(28(35(2,30)31)17-6-11-20(24)21(25)16-17)23(29)26-12-15-34-18-7-9-19(10-8-18)36(32,33)27-13-4-5-14-27/h6-11,16,22H,3-5,12-15H2,1-2H3,(H,26,29)/t22-/m1/s1. The summed E-state index contributed by atoms with van der Waals surface area (Å²) in [5.41, 5.74) is 0.231. The van der Waals surface area contributed by atoms with Crippen LogP contribution < -0.4 is 14.4 Å². The molecule has 2 aromatic carbocycles. The maximum atomic E-state index is 12.9. The molecule has 1 amide bonds. The Morgan fingerprint density at radius 3 is 2.25 bits per heavy atom. The third-order valence-electron chi connectivity index (χ3n) is 5.68. The number of halogens is 2. The summed E-state index contributed by atoms with van der Waals surface area (Å²) in [5, 5.41) is 3.13. The number of anilines is 1. The highest BCUT2D eigenvalue weighted by molar-refractivity contribution is 7.92. The van der Waals surface area contributed by atoms with Crippen LogP contribution in [-0.2, 0) is 24.8 Å². The van der Waals surface area contributed by atoms with Crippen LogP contribution in [0.2, 0.25) is 10.0 Å². The van der Waals surface area contributed by atoms with Gasteiger partial charge in [-0.15, -0.1) is 0 Å². The highest BCUT2D eigenvalue weighted by Gasteiger charge is 2.32. The van der Waals surface area contributed by atoms with E-state index in [1.54, 1.807) is 19.1 Å². The Hall–Kier alpha value is -2.05. The summed E-state index contributed by atoms with van der Waals surface area (Å²) in [6.45, 7) is 2.98. The quantitative estimate of drug-likeness (QED) is 0.409. The summed E-state index contributed by atoms with van der Waals surface area (Å²) < 4.78 is 58.4. The van der Waals surface area contributed by atoms with E-state index in [1.807, 2.05) is 0 Å². The number of ether oxygens (including phenoxy) is 1. The normalized spacial score (nSPS) is 15.4. The third-order valence-corrected chi connectivity index (χ3v) is 9.52. The molecular weight excluding hydrogens is 549 g/mol. The van der Waals surface area contributed by atoms with E-state index >= 15 is 0 Å². The number of sulfonamides is 2. The summed E-state index contributed by atoms with van der Waals surface area (Å²) in [4.78, 5) is 13.1. The predicted molar refractivity (Wildman–Crippen MR) is 141 cm³/mol. The van der Waals surface area contributed by atoms with Crippen molar-refractivity contribution >= 4 is 54.8 Å². The van der Waals surface area contributed by atoms with Gasteiger partial charge >= 0.3 is 0 Å². The molecule has 198 valence electrons. The number of rotatable bonds is 11. The van der Waals surface area contributed by atoms with Gasteiger partial charge in [-0.2, -0.15) is 4.31 Å². The van der Waals surface area contributed by atoms with Gasteiger partial charge in [0.2, 0.25) is 26.0 Å². The molecule has 0 saturated carbocycles. The minimum Gasteiger partial charge on any atom is -0.492 e. The van der Waals surface area contributed by atoms with Crippen molar-refractivity contribution in [2.24, 2.45) is 0 Å². The summed E-state index contributed by atoms with van der Waals surface area (Å²) in [5.74, 6) is -0.0464. The molecule has 1 heterocycles. The Bertz CT molecular complexity index is 1280. The third kappa shape index (κ3) is 6.83. The predicted octanol–water partition coefficient (Wildman–Crippen LogP) is 3.52. The SMILES string of the molecule is CC[C@H](C(=O)NCCOc1ccc(S(=O)(=O)N2CCCC2)cc1)N(c1ccc(Cl)c(Cl)c1)S(C)(=O)=O. The number of carbonyl (C=O) groups excluding carboxylic acids is 1. The zero-order chi connectivity index (χ0) is 26.5. The highest BCUT2D eigenvalue weighted by Crippen LogP contribution is 2.30. The van der Waals surface area contributed by atoms with Gasteiger partial charge in [-0.25, -0.2) is 16.8 Å². The van der Waals surface area contributed by atoms with Crippen molar-refractivity contribution in [3.63, 3.8) is 0 Å². The number of benzene rings is 2. The molecule has 13 heteroatoms. The Labute approximate surface area is 222 Å². The van der Waals surface area contributed by atoms with Crippen LogP contribution in [0.25, 0.3) is 0 Å². The van der Waals surface area contributed by atoms with E-state index in [4.69, 9.17) is 27.9 Å². The lowest BCUT2D eigenvalue weighted by molar-refractivity contribution is -0.122. The molecule has 0 aromatic heterocycles. The van der Waals surface area contributed by atoms with E-state index in [0.29, 0.717) is 18.8 Å². The topological polar surface area (TPSA) is 113 Å². The highest BCUT2D eigenvalue weighted by atomic mass is 35.5. The fourth-order valence-corrected chi connectivity index (χ4v) is 6.94. The number of amides is 1. The fraction of sp³-hybridized carbons (Fsp3) is 0.435. The van der Waals surface area contributed by atoms with Crippen LogP contribution in [0.5, 0.6) is 5.75 Å². The first-order valence-electron chi connectivity index (χ1n) is 11.4. The summed E-state index contributed by atoms with van der Waals surface area (Å²) in [7, 11) is -7.31. The molecule has 1 N–H and O–H groups in total. The van der Waals surface area contributed by atoms with E-state index in [2.05, 4.69) is 5.32 Å². The molecule has 0 radical (unpaired) electrons. The van der Waals surface area contributed by atoms with Gasteiger partial charge < -0.3 is 10.1 Å². The second kappa shape index (κ2) is 12.0.